The number of ether oxygens (including phenoxy) is 1. The van der Waals surface area contributed by atoms with Gasteiger partial charge in [-0.3, -0.25) is 4.79 Å². The first-order chi connectivity index (χ1) is 8.17. The van der Waals surface area contributed by atoms with Crippen LogP contribution >= 0.6 is 0 Å². The molecule has 0 radical (unpaired) electrons. The minimum absolute atomic E-state index is 0.138. The van der Waals surface area contributed by atoms with Crippen LogP contribution in [0, 0.1) is 11.3 Å². The van der Waals surface area contributed by atoms with Crippen molar-refractivity contribution in [1.82, 2.24) is 0 Å². The highest BCUT2D eigenvalue weighted by Crippen LogP contribution is 2.12. The molecule has 5 heteroatoms. The van der Waals surface area contributed by atoms with Gasteiger partial charge in [-0.2, -0.15) is 5.26 Å². The zero-order valence-electron chi connectivity index (χ0n) is 9.40. The molecule has 1 amide bonds. The number of anilines is 1. The van der Waals surface area contributed by atoms with E-state index in [9.17, 15) is 9.59 Å². The van der Waals surface area contributed by atoms with Gasteiger partial charge in [-0.25, -0.2) is 4.79 Å². The Balaban J connectivity index is 2.69. The van der Waals surface area contributed by atoms with E-state index < -0.39 is 5.97 Å². The van der Waals surface area contributed by atoms with Crippen LogP contribution in [0.25, 0.3) is 0 Å². The molecule has 0 saturated heterocycles. The Morgan fingerprint density at radius 2 is 2.24 bits per heavy atom. The Bertz CT molecular complexity index is 463. The van der Waals surface area contributed by atoms with Crippen molar-refractivity contribution in [3.8, 4) is 6.07 Å². The summed E-state index contributed by atoms with van der Waals surface area (Å²) in [4.78, 5) is 22.6. The molecule has 0 spiro atoms. The molecule has 0 aliphatic heterocycles. The van der Waals surface area contributed by atoms with Gasteiger partial charge in [0.05, 0.1) is 18.7 Å². The van der Waals surface area contributed by atoms with Crippen LogP contribution in [-0.2, 0) is 9.53 Å². The topological polar surface area (TPSA) is 79.2 Å². The third-order valence-electron chi connectivity index (χ3n) is 2.03. The molecule has 0 unspecified atom stereocenters. The molecule has 0 heterocycles. The lowest BCUT2D eigenvalue weighted by molar-refractivity contribution is -0.116. The number of carbonyl (C=O) groups excluding carboxylic acids is 2. The van der Waals surface area contributed by atoms with Gasteiger partial charge in [0.25, 0.3) is 0 Å². The highest BCUT2D eigenvalue weighted by atomic mass is 16.5. The van der Waals surface area contributed by atoms with Gasteiger partial charge in [-0.1, -0.05) is 6.07 Å². The number of nitriles is 1. The van der Waals surface area contributed by atoms with Gasteiger partial charge >= 0.3 is 5.97 Å². The summed E-state index contributed by atoms with van der Waals surface area (Å²) in [6.45, 7) is 0. The summed E-state index contributed by atoms with van der Waals surface area (Å²) in [6.07, 6.45) is 0.307. The zero-order valence-corrected chi connectivity index (χ0v) is 9.40. The van der Waals surface area contributed by atoms with Crippen molar-refractivity contribution in [3.05, 3.63) is 29.8 Å². The Labute approximate surface area is 99.0 Å². The highest BCUT2D eigenvalue weighted by molar-refractivity contribution is 5.94. The smallest absolute Gasteiger partial charge is 0.337 e. The number of nitrogens with one attached hydrogen (secondary N) is 1. The number of amides is 1. The molecule has 0 aliphatic rings. The number of hydrogen-bond donors (Lipinski definition) is 1. The van der Waals surface area contributed by atoms with Crippen molar-refractivity contribution >= 4 is 17.6 Å². The third kappa shape index (κ3) is 3.95. The van der Waals surface area contributed by atoms with Crippen LogP contribution in [0.3, 0.4) is 0 Å². The predicted molar refractivity (Wildman–Crippen MR) is 61.3 cm³/mol. The van der Waals surface area contributed by atoms with Crippen LogP contribution in [0.1, 0.15) is 23.2 Å². The first-order valence-corrected chi connectivity index (χ1v) is 5.02. The molecule has 1 rings (SSSR count). The average Bonchev–Trinajstić information content (AvgIpc) is 2.35. The Morgan fingerprint density at radius 3 is 2.88 bits per heavy atom. The van der Waals surface area contributed by atoms with Gasteiger partial charge in [0.1, 0.15) is 0 Å². The monoisotopic (exact) mass is 232 g/mol. The van der Waals surface area contributed by atoms with Gasteiger partial charge in [-0.05, 0) is 18.2 Å². The minimum Gasteiger partial charge on any atom is -0.465 e. The van der Waals surface area contributed by atoms with E-state index in [1.165, 1.54) is 13.2 Å². The number of nitrogens with zero attached hydrogens (tertiary/aromatic N) is 1. The van der Waals surface area contributed by atoms with Crippen LogP contribution in [0.2, 0.25) is 0 Å². The van der Waals surface area contributed by atoms with E-state index in [2.05, 4.69) is 10.1 Å². The fourth-order valence-electron chi connectivity index (χ4n) is 1.23. The molecular formula is C12H12N2O3. The fourth-order valence-corrected chi connectivity index (χ4v) is 1.23. The molecule has 5 nitrogen and oxygen atoms in total. The Hall–Kier alpha value is -2.35. The summed E-state index contributed by atoms with van der Waals surface area (Å²) in [5, 5.41) is 10.9. The van der Waals surface area contributed by atoms with Gasteiger partial charge in [0.2, 0.25) is 5.91 Å². The summed E-state index contributed by atoms with van der Waals surface area (Å²) in [5.74, 6) is -0.716. The zero-order chi connectivity index (χ0) is 12.7. The summed E-state index contributed by atoms with van der Waals surface area (Å²) in [7, 11) is 1.29. The highest BCUT2D eigenvalue weighted by Gasteiger charge is 2.07. The van der Waals surface area contributed by atoms with Crippen molar-refractivity contribution in [3.63, 3.8) is 0 Å². The first-order valence-electron chi connectivity index (χ1n) is 5.02. The van der Waals surface area contributed by atoms with Crippen LogP contribution in [0.15, 0.2) is 24.3 Å². The number of benzene rings is 1. The lowest BCUT2D eigenvalue weighted by Crippen LogP contribution is -2.11. The summed E-state index contributed by atoms with van der Waals surface area (Å²) >= 11 is 0. The second-order valence-corrected chi connectivity index (χ2v) is 3.28. The van der Waals surface area contributed by atoms with Crippen LogP contribution in [-0.4, -0.2) is 19.0 Å². The lowest BCUT2D eigenvalue weighted by Gasteiger charge is -2.05. The molecule has 0 saturated carbocycles. The third-order valence-corrected chi connectivity index (χ3v) is 2.03. The average molecular weight is 232 g/mol. The maximum atomic E-state index is 11.3. The SMILES string of the molecule is COC(=O)c1cccc(NC(=O)CCC#N)c1. The van der Waals surface area contributed by atoms with Crippen molar-refractivity contribution < 1.29 is 14.3 Å². The summed E-state index contributed by atoms with van der Waals surface area (Å²) in [6, 6.07) is 8.31. The minimum atomic E-state index is -0.460. The molecule has 0 aliphatic carbocycles. The molecular weight excluding hydrogens is 220 g/mol. The summed E-state index contributed by atoms with van der Waals surface area (Å²) in [5.41, 5.74) is 0.876. The predicted octanol–water partition coefficient (Wildman–Crippen LogP) is 1.72. The lowest BCUT2D eigenvalue weighted by atomic mass is 10.2. The van der Waals surface area contributed by atoms with E-state index in [0.717, 1.165) is 0 Å². The molecule has 88 valence electrons. The van der Waals surface area contributed by atoms with Crippen LogP contribution in [0.5, 0.6) is 0 Å². The number of rotatable bonds is 4. The van der Waals surface area contributed by atoms with Gasteiger partial charge in [0.15, 0.2) is 0 Å². The fraction of sp³-hybridized carbons (Fsp3) is 0.250. The van der Waals surface area contributed by atoms with Crippen molar-refractivity contribution in [2.45, 2.75) is 12.8 Å². The van der Waals surface area contributed by atoms with E-state index in [-0.39, 0.29) is 18.7 Å². The van der Waals surface area contributed by atoms with Gasteiger partial charge < -0.3 is 10.1 Å². The van der Waals surface area contributed by atoms with Crippen LogP contribution in [0.4, 0.5) is 5.69 Å². The van der Waals surface area contributed by atoms with E-state index in [0.29, 0.717) is 11.3 Å². The van der Waals surface area contributed by atoms with Crippen molar-refractivity contribution in [1.29, 1.82) is 5.26 Å². The molecule has 17 heavy (non-hydrogen) atoms. The van der Waals surface area contributed by atoms with E-state index in [1.54, 1.807) is 18.2 Å². The van der Waals surface area contributed by atoms with Crippen molar-refractivity contribution in [2.75, 3.05) is 12.4 Å². The second-order valence-electron chi connectivity index (χ2n) is 3.28. The van der Waals surface area contributed by atoms with Crippen molar-refractivity contribution in [2.24, 2.45) is 0 Å². The van der Waals surface area contributed by atoms with E-state index in [1.807, 2.05) is 6.07 Å². The molecule has 1 aromatic carbocycles. The molecule has 0 aromatic heterocycles. The molecule has 0 bridgehead atoms. The number of hydrogen-bond acceptors (Lipinski definition) is 4. The van der Waals surface area contributed by atoms with Gasteiger partial charge in [0, 0.05) is 18.5 Å². The maximum absolute atomic E-state index is 11.3. The molecule has 0 atom stereocenters. The quantitative estimate of drug-likeness (QED) is 0.801. The van der Waals surface area contributed by atoms with E-state index in [4.69, 9.17) is 5.26 Å². The molecule has 0 fully saturated rings. The van der Waals surface area contributed by atoms with E-state index >= 15 is 0 Å². The maximum Gasteiger partial charge on any atom is 0.337 e. The number of carbonyl (C=O) groups is 2. The first kappa shape index (κ1) is 12.7. The normalized spacial score (nSPS) is 9.18. The Kier molecular flexibility index (Phi) is 4.70. The van der Waals surface area contributed by atoms with Crippen LogP contribution < -0.4 is 5.32 Å². The molecule has 1 N–H and O–H groups in total. The Morgan fingerprint density at radius 1 is 1.47 bits per heavy atom. The summed E-state index contributed by atoms with van der Waals surface area (Å²) < 4.78 is 4.57. The van der Waals surface area contributed by atoms with Gasteiger partial charge in [-0.15, -0.1) is 0 Å². The largest absolute Gasteiger partial charge is 0.465 e. The molecule has 1 aromatic rings. The number of methoxy groups -OCH3 is 1. The number of esters is 1. The standard InChI is InChI=1S/C12H12N2O3/c1-17-12(16)9-4-2-5-10(8-9)14-11(15)6-3-7-13/h2,4-5,8H,3,6H2,1H3,(H,14,15). The second kappa shape index (κ2) is 6.28.